The van der Waals surface area contributed by atoms with Gasteiger partial charge in [0.05, 0.1) is 0 Å². The van der Waals surface area contributed by atoms with E-state index >= 15 is 0 Å². The Balaban J connectivity index is 1.46. The van der Waals surface area contributed by atoms with Gasteiger partial charge in [-0.15, -0.1) is 0 Å². The molecule has 0 aliphatic carbocycles. The Morgan fingerprint density at radius 1 is 0.417 bits per heavy atom. The molecule has 0 aliphatic rings. The summed E-state index contributed by atoms with van der Waals surface area (Å²) in [5.74, 6) is 2.19. The third-order valence-electron chi connectivity index (χ3n) is 6.52. The molecule has 0 saturated carbocycles. The first-order chi connectivity index (χ1) is 17.4. The summed E-state index contributed by atoms with van der Waals surface area (Å²) in [7, 11) is 0. The second-order valence-electron chi connectivity index (χ2n) is 10.3. The highest BCUT2D eigenvalue weighted by Crippen LogP contribution is 2.30. The van der Waals surface area contributed by atoms with Crippen molar-refractivity contribution in [2.75, 3.05) is 0 Å². The van der Waals surface area contributed by atoms with Crippen LogP contribution in [0.4, 0.5) is 0 Å². The van der Waals surface area contributed by atoms with Crippen molar-refractivity contribution in [2.24, 2.45) is 0 Å². The SMILES string of the molecule is CC(C)(C)c1nc(-c2ccc3ccccc3c2)nc(-c2ccc3cc(-c4ccccc4)ccc3c2)n1. The minimum absolute atomic E-state index is 0.204. The van der Waals surface area contributed by atoms with Gasteiger partial charge in [0.2, 0.25) is 0 Å². The first-order valence-corrected chi connectivity index (χ1v) is 12.3. The predicted octanol–water partition coefficient (Wildman–Crippen LogP) is 8.48. The zero-order valence-corrected chi connectivity index (χ0v) is 20.7. The van der Waals surface area contributed by atoms with Gasteiger partial charge in [0.15, 0.2) is 11.6 Å². The summed E-state index contributed by atoms with van der Waals surface area (Å²) < 4.78 is 0. The molecule has 6 rings (SSSR count). The normalized spacial score (nSPS) is 11.8. The van der Waals surface area contributed by atoms with Crippen LogP contribution >= 0.6 is 0 Å². The summed E-state index contributed by atoms with van der Waals surface area (Å²) in [6.45, 7) is 6.42. The zero-order valence-electron chi connectivity index (χ0n) is 20.7. The molecule has 0 fully saturated rings. The van der Waals surface area contributed by atoms with Crippen LogP contribution < -0.4 is 0 Å². The van der Waals surface area contributed by atoms with Gasteiger partial charge in [-0.1, -0.05) is 112 Å². The van der Waals surface area contributed by atoms with Crippen LogP contribution in [0.25, 0.3) is 55.4 Å². The summed E-state index contributed by atoms with van der Waals surface area (Å²) >= 11 is 0. The molecule has 3 heteroatoms. The largest absolute Gasteiger partial charge is 0.212 e. The molecular weight excluding hydrogens is 438 g/mol. The average molecular weight is 466 g/mol. The van der Waals surface area contributed by atoms with E-state index in [0.717, 1.165) is 22.3 Å². The lowest BCUT2D eigenvalue weighted by Crippen LogP contribution is -2.18. The van der Waals surface area contributed by atoms with Crippen LogP contribution in [0.1, 0.15) is 26.6 Å². The lowest BCUT2D eigenvalue weighted by atomic mass is 9.95. The van der Waals surface area contributed by atoms with Crippen LogP contribution in [0, 0.1) is 0 Å². The summed E-state index contributed by atoms with van der Waals surface area (Å²) in [5.41, 5.74) is 4.21. The molecule has 36 heavy (non-hydrogen) atoms. The first kappa shape index (κ1) is 22.1. The lowest BCUT2D eigenvalue weighted by Gasteiger charge is -2.18. The van der Waals surface area contributed by atoms with Crippen LogP contribution in [0.15, 0.2) is 109 Å². The molecule has 174 valence electrons. The van der Waals surface area contributed by atoms with Crippen molar-refractivity contribution in [3.05, 3.63) is 115 Å². The van der Waals surface area contributed by atoms with Crippen molar-refractivity contribution in [3.8, 4) is 33.9 Å². The van der Waals surface area contributed by atoms with E-state index in [1.807, 2.05) is 6.07 Å². The molecule has 0 aliphatic heterocycles. The molecule has 3 nitrogen and oxygen atoms in total. The van der Waals surface area contributed by atoms with Crippen LogP contribution in [-0.2, 0) is 5.41 Å². The maximum absolute atomic E-state index is 4.94. The highest BCUT2D eigenvalue weighted by molar-refractivity contribution is 5.90. The Bertz CT molecular complexity index is 1710. The number of benzene rings is 5. The van der Waals surface area contributed by atoms with Crippen molar-refractivity contribution >= 4 is 21.5 Å². The van der Waals surface area contributed by atoms with E-state index in [-0.39, 0.29) is 5.41 Å². The zero-order chi connectivity index (χ0) is 24.7. The number of fused-ring (bicyclic) bond motifs is 2. The molecule has 5 aromatic carbocycles. The number of aromatic nitrogens is 3. The number of rotatable bonds is 3. The molecule has 1 heterocycles. The van der Waals surface area contributed by atoms with Crippen LogP contribution in [0.3, 0.4) is 0 Å². The Labute approximate surface area is 211 Å². The molecule has 1 aromatic heterocycles. The van der Waals surface area contributed by atoms with E-state index in [4.69, 9.17) is 15.0 Å². The molecule has 0 spiro atoms. The van der Waals surface area contributed by atoms with E-state index < -0.39 is 0 Å². The Morgan fingerprint density at radius 2 is 0.889 bits per heavy atom. The van der Waals surface area contributed by atoms with Gasteiger partial charge in [0.1, 0.15) is 5.82 Å². The van der Waals surface area contributed by atoms with Gasteiger partial charge in [0, 0.05) is 16.5 Å². The topological polar surface area (TPSA) is 38.7 Å². The van der Waals surface area contributed by atoms with Crippen molar-refractivity contribution < 1.29 is 0 Å². The summed E-state index contributed by atoms with van der Waals surface area (Å²) in [6, 6.07) is 38.3. The summed E-state index contributed by atoms with van der Waals surface area (Å²) in [6.07, 6.45) is 0. The molecule has 0 unspecified atom stereocenters. The second-order valence-corrected chi connectivity index (χ2v) is 10.3. The molecule has 0 atom stereocenters. The van der Waals surface area contributed by atoms with Gasteiger partial charge in [-0.25, -0.2) is 15.0 Å². The van der Waals surface area contributed by atoms with E-state index in [1.165, 1.54) is 27.3 Å². The minimum atomic E-state index is -0.204. The van der Waals surface area contributed by atoms with Crippen molar-refractivity contribution in [1.29, 1.82) is 0 Å². The van der Waals surface area contributed by atoms with Crippen LogP contribution in [0.5, 0.6) is 0 Å². The fourth-order valence-corrected chi connectivity index (χ4v) is 4.49. The number of hydrogen-bond donors (Lipinski definition) is 0. The second kappa shape index (κ2) is 8.69. The first-order valence-electron chi connectivity index (χ1n) is 12.3. The van der Waals surface area contributed by atoms with E-state index in [1.54, 1.807) is 0 Å². The fourth-order valence-electron chi connectivity index (χ4n) is 4.49. The monoisotopic (exact) mass is 465 g/mol. The van der Waals surface area contributed by atoms with Gasteiger partial charge < -0.3 is 0 Å². The molecular formula is C33H27N3. The van der Waals surface area contributed by atoms with Gasteiger partial charge in [-0.05, 0) is 50.9 Å². The Morgan fingerprint density at radius 3 is 1.50 bits per heavy atom. The number of hydrogen-bond acceptors (Lipinski definition) is 3. The molecule has 0 saturated heterocycles. The third-order valence-corrected chi connectivity index (χ3v) is 6.52. The maximum atomic E-state index is 4.94. The molecule has 0 N–H and O–H groups in total. The molecule has 0 radical (unpaired) electrons. The highest BCUT2D eigenvalue weighted by atomic mass is 15.0. The summed E-state index contributed by atoms with van der Waals surface area (Å²) in [4.78, 5) is 14.7. The molecule has 0 amide bonds. The van der Waals surface area contributed by atoms with Gasteiger partial charge >= 0.3 is 0 Å². The van der Waals surface area contributed by atoms with E-state index in [2.05, 4.69) is 124 Å². The fraction of sp³-hybridized carbons (Fsp3) is 0.121. The molecule has 0 bridgehead atoms. The Hall–Kier alpha value is -4.37. The van der Waals surface area contributed by atoms with Crippen molar-refractivity contribution in [3.63, 3.8) is 0 Å². The Kier molecular flexibility index (Phi) is 5.34. The van der Waals surface area contributed by atoms with Gasteiger partial charge in [0.25, 0.3) is 0 Å². The van der Waals surface area contributed by atoms with Gasteiger partial charge in [-0.3, -0.25) is 0 Å². The van der Waals surface area contributed by atoms with Crippen LogP contribution in [-0.4, -0.2) is 15.0 Å². The third kappa shape index (κ3) is 4.25. The average Bonchev–Trinajstić information content (AvgIpc) is 2.92. The van der Waals surface area contributed by atoms with Crippen molar-refractivity contribution in [2.45, 2.75) is 26.2 Å². The smallest absolute Gasteiger partial charge is 0.163 e. The maximum Gasteiger partial charge on any atom is 0.163 e. The summed E-state index contributed by atoms with van der Waals surface area (Å²) in [5, 5.41) is 4.74. The van der Waals surface area contributed by atoms with Gasteiger partial charge in [-0.2, -0.15) is 0 Å². The lowest BCUT2D eigenvalue weighted by molar-refractivity contribution is 0.543. The molecule has 6 aromatic rings. The van der Waals surface area contributed by atoms with E-state index in [0.29, 0.717) is 11.6 Å². The van der Waals surface area contributed by atoms with Crippen LogP contribution in [0.2, 0.25) is 0 Å². The minimum Gasteiger partial charge on any atom is -0.212 e. The standard InChI is InChI=1S/C33H27N3/c1-33(2,3)32-35-30(28-17-13-23-11-7-8-12-24(23)20-28)34-31(36-32)29-18-16-26-19-25(14-15-27(26)21-29)22-9-5-4-6-10-22/h4-21H,1-3H3. The van der Waals surface area contributed by atoms with Crippen molar-refractivity contribution in [1.82, 2.24) is 15.0 Å². The highest BCUT2D eigenvalue weighted by Gasteiger charge is 2.21. The predicted molar refractivity (Wildman–Crippen MR) is 150 cm³/mol. The quantitative estimate of drug-likeness (QED) is 0.263. The van der Waals surface area contributed by atoms with E-state index in [9.17, 15) is 0 Å². The number of nitrogens with zero attached hydrogens (tertiary/aromatic N) is 3.